The average Bonchev–Trinajstić information content (AvgIpc) is 3.26. The van der Waals surface area contributed by atoms with Crippen LogP contribution in [0.25, 0.3) is 20.4 Å². The molecule has 7 nitrogen and oxygen atoms in total. The Morgan fingerprint density at radius 1 is 1.03 bits per heavy atom. The van der Waals surface area contributed by atoms with Crippen molar-refractivity contribution in [1.82, 2.24) is 14.1 Å². The summed E-state index contributed by atoms with van der Waals surface area (Å²) >= 11 is 1.18. The van der Waals surface area contributed by atoms with Gasteiger partial charge in [-0.1, -0.05) is 37.3 Å². The second-order valence-electron chi connectivity index (χ2n) is 8.08. The molecule has 0 bridgehead atoms. The van der Waals surface area contributed by atoms with Crippen molar-refractivity contribution in [3.05, 3.63) is 105 Å². The van der Waals surface area contributed by atoms with Crippen LogP contribution < -0.4 is 16.6 Å². The lowest BCUT2D eigenvalue weighted by Gasteiger charge is -2.14. The average molecular weight is 489 g/mol. The molecule has 0 saturated carbocycles. The molecule has 1 amide bonds. The highest BCUT2D eigenvalue weighted by atomic mass is 32.1. The van der Waals surface area contributed by atoms with Gasteiger partial charge in [0.1, 0.15) is 21.9 Å². The first-order valence-corrected chi connectivity index (χ1v) is 11.9. The topological polar surface area (TPSA) is 86.0 Å². The van der Waals surface area contributed by atoms with E-state index in [4.69, 9.17) is 0 Å². The highest BCUT2D eigenvalue weighted by molar-refractivity contribution is 7.25. The molecule has 3 aromatic heterocycles. The Morgan fingerprint density at radius 2 is 1.80 bits per heavy atom. The number of aryl methyl sites for hydroxylation is 1. The second-order valence-corrected chi connectivity index (χ2v) is 9.08. The molecule has 0 unspecified atom stereocenters. The molecule has 0 aliphatic rings. The van der Waals surface area contributed by atoms with E-state index in [1.807, 2.05) is 31.2 Å². The van der Waals surface area contributed by atoms with Crippen LogP contribution in [0.4, 0.5) is 10.1 Å². The molecule has 0 aliphatic carbocycles. The molecule has 0 fully saturated rings. The minimum absolute atomic E-state index is 0.0458. The molecule has 35 heavy (non-hydrogen) atoms. The van der Waals surface area contributed by atoms with Crippen LogP contribution >= 0.6 is 11.3 Å². The van der Waals surface area contributed by atoms with E-state index in [0.717, 1.165) is 16.6 Å². The summed E-state index contributed by atoms with van der Waals surface area (Å²) in [6.07, 6.45) is 2.36. The predicted octanol–water partition coefficient (Wildman–Crippen LogP) is 4.16. The van der Waals surface area contributed by atoms with E-state index in [1.54, 1.807) is 18.3 Å². The Bertz CT molecular complexity index is 1690. The molecule has 176 valence electrons. The van der Waals surface area contributed by atoms with Gasteiger partial charge < -0.3 is 5.32 Å². The molecule has 5 rings (SSSR count). The fraction of sp³-hybridized carbons (Fsp3) is 0.154. The lowest BCUT2D eigenvalue weighted by atomic mass is 10.1. The quantitative estimate of drug-likeness (QED) is 0.389. The number of pyridine rings is 1. The minimum Gasteiger partial charge on any atom is -0.324 e. The molecule has 1 N–H and O–H groups in total. The number of carbonyl (C=O) groups excluding carboxylic acids is 1. The molecule has 0 saturated heterocycles. The third-order valence-electron chi connectivity index (χ3n) is 5.84. The van der Waals surface area contributed by atoms with E-state index in [2.05, 4.69) is 10.3 Å². The zero-order valence-electron chi connectivity index (χ0n) is 18.8. The van der Waals surface area contributed by atoms with E-state index < -0.39 is 17.1 Å². The molecule has 5 aromatic rings. The Labute approximate surface area is 203 Å². The molecule has 0 radical (unpaired) electrons. The van der Waals surface area contributed by atoms with E-state index in [9.17, 15) is 18.8 Å². The van der Waals surface area contributed by atoms with Gasteiger partial charge in [0, 0.05) is 17.3 Å². The van der Waals surface area contributed by atoms with Gasteiger partial charge in [-0.15, -0.1) is 11.3 Å². The standard InChI is InChI=1S/C26H21FN4O3S/c1-2-17-6-3-4-8-20(17)29-21(32)15-30-22-19-7-5-13-28-24(19)35-23(22)25(33)31(26(30)34)14-16-9-11-18(27)12-10-16/h3-13H,2,14-15H2,1H3,(H,29,32). The van der Waals surface area contributed by atoms with Crippen LogP contribution in [0, 0.1) is 5.82 Å². The highest BCUT2D eigenvalue weighted by Gasteiger charge is 2.21. The number of thiophene rings is 1. The summed E-state index contributed by atoms with van der Waals surface area (Å²) in [5.74, 6) is -0.793. The second kappa shape index (κ2) is 9.27. The van der Waals surface area contributed by atoms with Gasteiger partial charge in [-0.05, 0) is 47.9 Å². The Hall–Kier alpha value is -4.11. The van der Waals surface area contributed by atoms with E-state index >= 15 is 0 Å². The van der Waals surface area contributed by atoms with Crippen LogP contribution in [0.1, 0.15) is 18.1 Å². The van der Waals surface area contributed by atoms with Crippen molar-refractivity contribution in [2.24, 2.45) is 0 Å². The van der Waals surface area contributed by atoms with Crippen molar-refractivity contribution in [1.29, 1.82) is 0 Å². The van der Waals surface area contributed by atoms with Crippen molar-refractivity contribution in [3.8, 4) is 0 Å². The van der Waals surface area contributed by atoms with Crippen molar-refractivity contribution in [3.63, 3.8) is 0 Å². The monoisotopic (exact) mass is 488 g/mol. The molecule has 0 spiro atoms. The highest BCUT2D eigenvalue weighted by Crippen LogP contribution is 2.29. The molecule has 0 aliphatic heterocycles. The third-order valence-corrected chi connectivity index (χ3v) is 6.93. The Morgan fingerprint density at radius 3 is 2.57 bits per heavy atom. The summed E-state index contributed by atoms with van der Waals surface area (Å²) in [5, 5.41) is 3.53. The maximum absolute atomic E-state index is 13.6. The SMILES string of the molecule is CCc1ccccc1NC(=O)Cn1c(=O)n(Cc2ccc(F)cc2)c(=O)c2sc3ncccc3c21. The number of halogens is 1. The first-order valence-electron chi connectivity index (χ1n) is 11.1. The number of rotatable bonds is 6. The van der Waals surface area contributed by atoms with Crippen molar-refractivity contribution < 1.29 is 9.18 Å². The van der Waals surface area contributed by atoms with Crippen LogP contribution in [0.3, 0.4) is 0 Å². The van der Waals surface area contributed by atoms with E-state index in [1.165, 1.54) is 40.2 Å². The molecule has 9 heteroatoms. The first-order chi connectivity index (χ1) is 17.0. The number of aromatic nitrogens is 3. The Kier molecular flexibility index (Phi) is 6.00. The number of hydrogen-bond acceptors (Lipinski definition) is 5. The third kappa shape index (κ3) is 4.26. The van der Waals surface area contributed by atoms with Crippen LogP contribution in [0.5, 0.6) is 0 Å². The largest absolute Gasteiger partial charge is 0.332 e. The minimum atomic E-state index is -0.616. The van der Waals surface area contributed by atoms with Gasteiger partial charge in [0.15, 0.2) is 0 Å². The van der Waals surface area contributed by atoms with Gasteiger partial charge in [0.05, 0.1) is 12.1 Å². The fourth-order valence-electron chi connectivity index (χ4n) is 4.13. The van der Waals surface area contributed by atoms with Crippen molar-refractivity contribution in [2.45, 2.75) is 26.4 Å². The van der Waals surface area contributed by atoms with E-state index in [0.29, 0.717) is 31.7 Å². The molecule has 2 aromatic carbocycles. The van der Waals surface area contributed by atoms with Gasteiger partial charge in [0.2, 0.25) is 5.91 Å². The van der Waals surface area contributed by atoms with Crippen molar-refractivity contribution >= 4 is 43.4 Å². The molecule has 3 heterocycles. The fourth-order valence-corrected chi connectivity index (χ4v) is 5.22. The van der Waals surface area contributed by atoms with Crippen LogP contribution in [-0.2, 0) is 24.3 Å². The Balaban J connectivity index is 1.64. The maximum Gasteiger partial charge on any atom is 0.332 e. The number of hydrogen-bond donors (Lipinski definition) is 1. The smallest absolute Gasteiger partial charge is 0.324 e. The number of amides is 1. The van der Waals surface area contributed by atoms with Gasteiger partial charge in [0.25, 0.3) is 5.56 Å². The van der Waals surface area contributed by atoms with Crippen molar-refractivity contribution in [2.75, 3.05) is 5.32 Å². The number of nitrogens with one attached hydrogen (secondary N) is 1. The summed E-state index contributed by atoms with van der Waals surface area (Å²) in [6.45, 7) is 1.67. The van der Waals surface area contributed by atoms with Crippen LogP contribution in [0.2, 0.25) is 0 Å². The molecule has 0 atom stereocenters. The lowest BCUT2D eigenvalue weighted by Crippen LogP contribution is -2.41. The van der Waals surface area contributed by atoms with E-state index in [-0.39, 0.29) is 19.0 Å². The normalized spacial score (nSPS) is 11.3. The number of anilines is 1. The number of carbonyl (C=O) groups is 1. The predicted molar refractivity (Wildman–Crippen MR) is 136 cm³/mol. The summed E-state index contributed by atoms with van der Waals surface area (Å²) in [4.78, 5) is 45.0. The van der Waals surface area contributed by atoms with Gasteiger partial charge in [-0.2, -0.15) is 0 Å². The van der Waals surface area contributed by atoms with Gasteiger partial charge >= 0.3 is 5.69 Å². The summed E-state index contributed by atoms with van der Waals surface area (Å²) in [7, 11) is 0. The molecular formula is C26H21FN4O3S. The zero-order valence-corrected chi connectivity index (χ0v) is 19.6. The number of fused-ring (bicyclic) bond motifs is 3. The lowest BCUT2D eigenvalue weighted by molar-refractivity contribution is -0.116. The number of nitrogens with zero attached hydrogens (tertiary/aromatic N) is 3. The zero-order chi connectivity index (χ0) is 24.5. The summed E-state index contributed by atoms with van der Waals surface area (Å²) in [6, 6.07) is 16.6. The first kappa shape index (κ1) is 22.7. The van der Waals surface area contributed by atoms with Gasteiger partial charge in [-0.3, -0.25) is 18.7 Å². The van der Waals surface area contributed by atoms with Gasteiger partial charge in [-0.25, -0.2) is 14.2 Å². The number of para-hydroxylation sites is 1. The maximum atomic E-state index is 13.6. The van der Waals surface area contributed by atoms with Crippen LogP contribution in [0.15, 0.2) is 76.4 Å². The van der Waals surface area contributed by atoms with Crippen LogP contribution in [-0.4, -0.2) is 20.0 Å². The summed E-state index contributed by atoms with van der Waals surface area (Å²) < 4.78 is 16.1. The number of benzene rings is 2. The molecular weight excluding hydrogens is 467 g/mol. The summed E-state index contributed by atoms with van der Waals surface area (Å²) in [5.41, 5.74) is 1.56.